The summed E-state index contributed by atoms with van der Waals surface area (Å²) in [5.41, 5.74) is 5.27. The maximum atomic E-state index is 11.4. The number of nitrogen functional groups attached to an aromatic ring is 1. The number of carbonyl (C=O) groups is 1. The van der Waals surface area contributed by atoms with Crippen LogP contribution >= 0.6 is 0 Å². The Balaban J connectivity index is 1.99. The van der Waals surface area contributed by atoms with Crippen LogP contribution in [0.15, 0.2) is 18.3 Å². The summed E-state index contributed by atoms with van der Waals surface area (Å²) in [6, 6.07) is 3.51. The standard InChI is InChI=1S/C12H16N2O3/c1-2-16-10(15)8-12(5-6-12)17-9-4-3-7-14-11(9)13/h3-4,7H,2,5-6,8H2,1H3,(H2,13,14). The lowest BCUT2D eigenvalue weighted by molar-refractivity contribution is -0.145. The van der Waals surface area contributed by atoms with Gasteiger partial charge in [0.2, 0.25) is 0 Å². The molecule has 0 amide bonds. The van der Waals surface area contributed by atoms with Crippen molar-refractivity contribution in [2.24, 2.45) is 0 Å². The number of esters is 1. The molecule has 1 aromatic rings. The molecule has 0 spiro atoms. The van der Waals surface area contributed by atoms with Crippen molar-refractivity contribution in [2.75, 3.05) is 12.3 Å². The van der Waals surface area contributed by atoms with Crippen molar-refractivity contribution in [3.05, 3.63) is 18.3 Å². The molecule has 0 bridgehead atoms. The quantitative estimate of drug-likeness (QED) is 0.785. The Kier molecular flexibility index (Phi) is 3.17. The van der Waals surface area contributed by atoms with Crippen LogP contribution in [0.1, 0.15) is 26.2 Å². The zero-order valence-corrected chi connectivity index (χ0v) is 9.81. The smallest absolute Gasteiger partial charge is 0.309 e. The summed E-state index contributed by atoms with van der Waals surface area (Å²) in [7, 11) is 0. The van der Waals surface area contributed by atoms with Crippen LogP contribution in [-0.2, 0) is 9.53 Å². The van der Waals surface area contributed by atoms with Crippen LogP contribution in [0.2, 0.25) is 0 Å². The number of nitrogens with two attached hydrogens (primary N) is 1. The number of carbonyl (C=O) groups excluding carboxylic acids is 1. The van der Waals surface area contributed by atoms with E-state index in [4.69, 9.17) is 15.2 Å². The van der Waals surface area contributed by atoms with Gasteiger partial charge in [-0.2, -0.15) is 0 Å². The second-order valence-corrected chi connectivity index (χ2v) is 4.15. The van der Waals surface area contributed by atoms with Gasteiger partial charge in [0, 0.05) is 6.20 Å². The van der Waals surface area contributed by atoms with Crippen LogP contribution in [-0.4, -0.2) is 23.2 Å². The number of aromatic nitrogens is 1. The Morgan fingerprint density at radius 1 is 1.59 bits per heavy atom. The van der Waals surface area contributed by atoms with Crippen LogP contribution in [0.3, 0.4) is 0 Å². The van der Waals surface area contributed by atoms with Crippen molar-refractivity contribution < 1.29 is 14.3 Å². The molecular formula is C12H16N2O3. The van der Waals surface area contributed by atoms with E-state index in [-0.39, 0.29) is 12.4 Å². The molecule has 5 nitrogen and oxygen atoms in total. The molecule has 1 fully saturated rings. The lowest BCUT2D eigenvalue weighted by Crippen LogP contribution is -2.24. The average molecular weight is 236 g/mol. The molecule has 1 aliphatic rings. The second-order valence-electron chi connectivity index (χ2n) is 4.15. The van der Waals surface area contributed by atoms with Gasteiger partial charge in [0.05, 0.1) is 13.0 Å². The predicted molar refractivity (Wildman–Crippen MR) is 62.5 cm³/mol. The first kappa shape index (κ1) is 11.7. The van der Waals surface area contributed by atoms with Crippen molar-refractivity contribution in [1.82, 2.24) is 4.98 Å². The largest absolute Gasteiger partial charge is 0.483 e. The van der Waals surface area contributed by atoms with E-state index in [1.165, 1.54) is 0 Å². The van der Waals surface area contributed by atoms with Crippen molar-refractivity contribution in [3.8, 4) is 5.75 Å². The number of anilines is 1. The van der Waals surface area contributed by atoms with E-state index in [1.54, 1.807) is 25.3 Å². The number of nitrogens with zero attached hydrogens (tertiary/aromatic N) is 1. The van der Waals surface area contributed by atoms with Crippen LogP contribution < -0.4 is 10.5 Å². The minimum Gasteiger partial charge on any atom is -0.483 e. The van der Waals surface area contributed by atoms with Crippen molar-refractivity contribution in [2.45, 2.75) is 31.8 Å². The minimum absolute atomic E-state index is 0.229. The molecule has 0 aliphatic heterocycles. The van der Waals surface area contributed by atoms with E-state index in [2.05, 4.69) is 4.98 Å². The summed E-state index contributed by atoms with van der Waals surface area (Å²) in [5, 5.41) is 0. The fourth-order valence-corrected chi connectivity index (χ4v) is 1.65. The van der Waals surface area contributed by atoms with E-state index < -0.39 is 5.60 Å². The Morgan fingerprint density at radius 2 is 2.35 bits per heavy atom. The molecule has 1 saturated carbocycles. The Labute approximate surface area is 99.9 Å². The molecule has 92 valence electrons. The molecule has 1 aromatic heterocycles. The normalized spacial score (nSPS) is 16.3. The monoisotopic (exact) mass is 236 g/mol. The number of rotatable bonds is 5. The zero-order valence-electron chi connectivity index (χ0n) is 9.81. The summed E-state index contributed by atoms with van der Waals surface area (Å²) in [6.45, 7) is 2.18. The Bertz CT molecular complexity index is 416. The first-order valence-electron chi connectivity index (χ1n) is 5.70. The van der Waals surface area contributed by atoms with Crippen molar-refractivity contribution >= 4 is 11.8 Å². The van der Waals surface area contributed by atoms with Crippen LogP contribution in [0, 0.1) is 0 Å². The average Bonchev–Trinajstić information content (AvgIpc) is 3.02. The van der Waals surface area contributed by atoms with E-state index in [1.807, 2.05) is 0 Å². The molecule has 17 heavy (non-hydrogen) atoms. The molecule has 2 rings (SSSR count). The maximum Gasteiger partial charge on any atom is 0.309 e. The molecule has 0 atom stereocenters. The lowest BCUT2D eigenvalue weighted by atomic mass is 10.2. The Hall–Kier alpha value is -1.78. The number of hydrogen-bond donors (Lipinski definition) is 1. The zero-order chi connectivity index (χ0) is 12.3. The van der Waals surface area contributed by atoms with Crippen LogP contribution in [0.25, 0.3) is 0 Å². The Morgan fingerprint density at radius 3 is 2.94 bits per heavy atom. The topological polar surface area (TPSA) is 74.4 Å². The maximum absolute atomic E-state index is 11.4. The molecule has 0 radical (unpaired) electrons. The van der Waals surface area contributed by atoms with Gasteiger partial charge in [-0.15, -0.1) is 0 Å². The summed E-state index contributed by atoms with van der Waals surface area (Å²) in [6.07, 6.45) is 3.57. The molecule has 1 aliphatic carbocycles. The van der Waals surface area contributed by atoms with E-state index >= 15 is 0 Å². The number of pyridine rings is 1. The number of hydrogen-bond acceptors (Lipinski definition) is 5. The van der Waals surface area contributed by atoms with Crippen molar-refractivity contribution in [3.63, 3.8) is 0 Å². The van der Waals surface area contributed by atoms with Crippen LogP contribution in [0.4, 0.5) is 5.82 Å². The summed E-state index contributed by atoms with van der Waals surface area (Å²) >= 11 is 0. The van der Waals surface area contributed by atoms with Gasteiger partial charge in [-0.1, -0.05) is 0 Å². The summed E-state index contributed by atoms with van der Waals surface area (Å²) in [4.78, 5) is 15.4. The molecule has 0 aromatic carbocycles. The fourth-order valence-electron chi connectivity index (χ4n) is 1.65. The van der Waals surface area contributed by atoms with Gasteiger partial charge in [-0.3, -0.25) is 4.79 Å². The van der Waals surface area contributed by atoms with Crippen LogP contribution in [0.5, 0.6) is 5.75 Å². The molecule has 2 N–H and O–H groups in total. The second kappa shape index (κ2) is 4.61. The summed E-state index contributed by atoms with van der Waals surface area (Å²) < 4.78 is 10.7. The SMILES string of the molecule is CCOC(=O)CC1(Oc2cccnc2N)CC1. The molecule has 0 unspecified atom stereocenters. The third kappa shape index (κ3) is 2.87. The van der Waals surface area contributed by atoms with E-state index in [0.717, 1.165) is 12.8 Å². The highest BCUT2D eigenvalue weighted by Gasteiger charge is 2.48. The van der Waals surface area contributed by atoms with Gasteiger partial charge in [-0.25, -0.2) is 4.98 Å². The molecule has 5 heteroatoms. The molecule has 1 heterocycles. The predicted octanol–water partition coefficient (Wildman–Crippen LogP) is 1.53. The van der Waals surface area contributed by atoms with Crippen molar-refractivity contribution in [1.29, 1.82) is 0 Å². The fraction of sp³-hybridized carbons (Fsp3) is 0.500. The molecule has 0 saturated heterocycles. The highest BCUT2D eigenvalue weighted by Crippen LogP contribution is 2.44. The van der Waals surface area contributed by atoms with Gasteiger partial charge < -0.3 is 15.2 Å². The van der Waals surface area contributed by atoms with Gasteiger partial charge in [0.25, 0.3) is 0 Å². The highest BCUT2D eigenvalue weighted by atomic mass is 16.5. The van der Waals surface area contributed by atoms with E-state index in [9.17, 15) is 4.79 Å². The lowest BCUT2D eigenvalue weighted by Gasteiger charge is -2.17. The molecular weight excluding hydrogens is 220 g/mol. The minimum atomic E-state index is -0.427. The van der Waals surface area contributed by atoms with Gasteiger partial charge >= 0.3 is 5.97 Å². The number of ether oxygens (including phenoxy) is 2. The van der Waals surface area contributed by atoms with Gasteiger partial charge in [0.15, 0.2) is 11.6 Å². The highest BCUT2D eigenvalue weighted by molar-refractivity contribution is 5.71. The third-order valence-electron chi connectivity index (χ3n) is 2.71. The first-order chi connectivity index (χ1) is 8.15. The summed E-state index contributed by atoms with van der Waals surface area (Å²) in [5.74, 6) is 0.657. The van der Waals surface area contributed by atoms with E-state index in [0.29, 0.717) is 18.2 Å². The third-order valence-corrected chi connectivity index (χ3v) is 2.71. The van der Waals surface area contributed by atoms with Gasteiger partial charge in [0.1, 0.15) is 5.60 Å². The first-order valence-corrected chi connectivity index (χ1v) is 5.70. The van der Waals surface area contributed by atoms with Gasteiger partial charge in [-0.05, 0) is 31.9 Å².